The number of unbranched alkanes of at least 4 members (excludes halogenated alkanes) is 22. The minimum atomic E-state index is -0.946. The molecule has 0 bridgehead atoms. The molecule has 0 aromatic heterocycles. The molecule has 2 atom stereocenters. The molecule has 7 nitrogen and oxygen atoms in total. The maximum atomic E-state index is 12.3. The largest absolute Gasteiger partial charge is 0.481 e. The van der Waals surface area contributed by atoms with E-state index >= 15 is 0 Å². The lowest BCUT2D eigenvalue weighted by Gasteiger charge is -2.20. The van der Waals surface area contributed by atoms with Crippen LogP contribution in [0.5, 0.6) is 0 Å². The van der Waals surface area contributed by atoms with Gasteiger partial charge in [0.25, 0.3) is 0 Å². The summed E-state index contributed by atoms with van der Waals surface area (Å²) in [4.78, 5) is 23.1. The van der Waals surface area contributed by atoms with Crippen molar-refractivity contribution in [2.45, 2.75) is 193 Å². The molecular weight excluding hydrogens is 540 g/mol. The van der Waals surface area contributed by atoms with Crippen LogP contribution in [0, 0.1) is 0 Å². The fourth-order valence-electron chi connectivity index (χ4n) is 5.37. The van der Waals surface area contributed by atoms with E-state index in [9.17, 15) is 9.59 Å². The van der Waals surface area contributed by atoms with Gasteiger partial charge in [0.05, 0.1) is 18.8 Å². The van der Waals surface area contributed by atoms with Gasteiger partial charge < -0.3 is 25.6 Å². The van der Waals surface area contributed by atoms with Crippen LogP contribution in [0.25, 0.3) is 0 Å². The van der Waals surface area contributed by atoms with Crippen molar-refractivity contribution in [1.29, 1.82) is 0 Å². The van der Waals surface area contributed by atoms with Crippen molar-refractivity contribution in [3.63, 3.8) is 0 Å². The number of nitrogens with two attached hydrogens (primary N) is 1. The van der Waals surface area contributed by atoms with Crippen molar-refractivity contribution in [2.75, 3.05) is 26.4 Å². The molecule has 0 aromatic carbocycles. The number of carbonyl (C=O) groups excluding carboxylic acids is 1. The molecule has 0 fully saturated rings. The molecule has 2 unspecified atom stereocenters. The third kappa shape index (κ3) is 32.0. The third-order valence-electron chi connectivity index (χ3n) is 8.31. The van der Waals surface area contributed by atoms with Crippen LogP contribution in [0.4, 0.5) is 0 Å². The first-order chi connectivity index (χ1) is 21.0. The highest BCUT2D eigenvalue weighted by molar-refractivity contribution is 5.82. The molecule has 0 aliphatic carbocycles. The molecule has 7 heteroatoms. The average Bonchev–Trinajstić information content (AvgIpc) is 3.00. The Hall–Kier alpha value is -1.18. The lowest BCUT2D eigenvalue weighted by Crippen LogP contribution is -2.45. The predicted octanol–water partition coefficient (Wildman–Crippen LogP) is 9.10. The van der Waals surface area contributed by atoms with E-state index in [0.717, 1.165) is 19.3 Å². The lowest BCUT2D eigenvalue weighted by atomic mass is 10.1. The van der Waals surface area contributed by atoms with Gasteiger partial charge in [-0.25, -0.2) is 0 Å². The van der Waals surface area contributed by atoms with Crippen LogP contribution in [-0.4, -0.2) is 55.5 Å². The second-order valence-corrected chi connectivity index (χ2v) is 12.6. The Morgan fingerprint density at radius 1 is 0.628 bits per heavy atom. The summed E-state index contributed by atoms with van der Waals surface area (Å²) >= 11 is 0. The highest BCUT2D eigenvalue weighted by Gasteiger charge is 2.17. The molecule has 0 spiro atoms. The first-order valence-corrected chi connectivity index (χ1v) is 18.5. The molecule has 0 aromatic rings. The normalized spacial score (nSPS) is 12.8. The topological polar surface area (TPSA) is 111 Å². The van der Waals surface area contributed by atoms with Crippen molar-refractivity contribution >= 4 is 11.9 Å². The standard InChI is InChI=1S/C36H72N2O5/c1-3-5-7-9-11-13-15-17-19-21-23-25-29-42-32-33(31-38-36(41)34(37)27-28-35(39)40)43-30-26-24-22-20-18-16-14-12-10-8-6-4-2/h33-34H,3-32,37H2,1-2H3,(H,38,41)(H,39,40). The highest BCUT2D eigenvalue weighted by atomic mass is 16.5. The Morgan fingerprint density at radius 2 is 1.02 bits per heavy atom. The van der Waals surface area contributed by atoms with Crippen molar-refractivity contribution in [1.82, 2.24) is 5.32 Å². The molecule has 0 heterocycles. The number of hydrogen-bond donors (Lipinski definition) is 3. The van der Waals surface area contributed by atoms with E-state index in [2.05, 4.69) is 19.2 Å². The molecule has 0 radical (unpaired) electrons. The van der Waals surface area contributed by atoms with Gasteiger partial charge >= 0.3 is 5.97 Å². The van der Waals surface area contributed by atoms with E-state index in [1.165, 1.54) is 135 Å². The zero-order valence-electron chi connectivity index (χ0n) is 28.5. The molecule has 0 saturated carbocycles. The lowest BCUT2D eigenvalue weighted by molar-refractivity contribution is -0.137. The molecule has 256 valence electrons. The fourth-order valence-corrected chi connectivity index (χ4v) is 5.37. The fraction of sp³-hybridized carbons (Fsp3) is 0.944. The molecule has 0 saturated heterocycles. The second-order valence-electron chi connectivity index (χ2n) is 12.6. The van der Waals surface area contributed by atoms with Gasteiger partial charge in [0.2, 0.25) is 5.91 Å². The van der Waals surface area contributed by atoms with Crippen molar-refractivity contribution in [3.8, 4) is 0 Å². The zero-order chi connectivity index (χ0) is 31.6. The summed E-state index contributed by atoms with van der Waals surface area (Å²) in [6, 6.07) is -0.824. The molecular formula is C36H72N2O5. The van der Waals surface area contributed by atoms with E-state index in [4.69, 9.17) is 20.3 Å². The average molecular weight is 613 g/mol. The van der Waals surface area contributed by atoms with Crippen LogP contribution >= 0.6 is 0 Å². The number of aliphatic carboxylic acids is 1. The Kier molecular flexibility index (Phi) is 32.8. The highest BCUT2D eigenvalue weighted by Crippen LogP contribution is 2.13. The van der Waals surface area contributed by atoms with Gasteiger partial charge in [0.1, 0.15) is 0 Å². The zero-order valence-corrected chi connectivity index (χ0v) is 28.5. The summed E-state index contributed by atoms with van der Waals surface area (Å²) in [6.45, 7) is 6.68. The van der Waals surface area contributed by atoms with Gasteiger partial charge in [-0.3, -0.25) is 9.59 Å². The van der Waals surface area contributed by atoms with E-state index in [1.807, 2.05) is 0 Å². The van der Waals surface area contributed by atoms with Gasteiger partial charge in [0, 0.05) is 26.2 Å². The number of rotatable bonds is 35. The number of carbonyl (C=O) groups is 2. The maximum Gasteiger partial charge on any atom is 0.303 e. The molecule has 43 heavy (non-hydrogen) atoms. The van der Waals surface area contributed by atoms with E-state index in [0.29, 0.717) is 26.4 Å². The van der Waals surface area contributed by atoms with Crippen molar-refractivity contribution < 1.29 is 24.2 Å². The number of carboxylic acid groups (broad SMARTS) is 1. The minimum absolute atomic E-state index is 0.115. The van der Waals surface area contributed by atoms with Crippen LogP contribution in [-0.2, 0) is 19.1 Å². The summed E-state index contributed by atoms with van der Waals surface area (Å²) in [6.07, 6.45) is 31.2. The number of ether oxygens (including phenoxy) is 2. The summed E-state index contributed by atoms with van der Waals surface area (Å²) in [5, 5.41) is 11.7. The Labute approximate surface area is 266 Å². The monoisotopic (exact) mass is 613 g/mol. The predicted molar refractivity (Wildman–Crippen MR) is 181 cm³/mol. The van der Waals surface area contributed by atoms with Crippen molar-refractivity contribution in [3.05, 3.63) is 0 Å². The molecule has 1 amide bonds. The molecule has 0 aliphatic rings. The van der Waals surface area contributed by atoms with Crippen LogP contribution < -0.4 is 11.1 Å². The molecule has 0 rings (SSSR count). The smallest absolute Gasteiger partial charge is 0.303 e. The van der Waals surface area contributed by atoms with Gasteiger partial charge in [-0.1, -0.05) is 155 Å². The second kappa shape index (κ2) is 33.7. The van der Waals surface area contributed by atoms with E-state index < -0.39 is 12.0 Å². The molecule has 4 N–H and O–H groups in total. The quantitative estimate of drug-likeness (QED) is 0.0616. The van der Waals surface area contributed by atoms with Gasteiger partial charge in [-0.2, -0.15) is 0 Å². The van der Waals surface area contributed by atoms with E-state index in [-0.39, 0.29) is 24.9 Å². The molecule has 0 aliphatic heterocycles. The number of carboxylic acids is 1. The van der Waals surface area contributed by atoms with E-state index in [1.54, 1.807) is 0 Å². The number of nitrogens with one attached hydrogen (secondary N) is 1. The Bertz CT molecular complexity index is 604. The van der Waals surface area contributed by atoms with Gasteiger partial charge in [-0.15, -0.1) is 0 Å². The summed E-state index contributed by atoms with van der Waals surface area (Å²) in [7, 11) is 0. The summed E-state index contributed by atoms with van der Waals surface area (Å²) < 4.78 is 12.0. The third-order valence-corrected chi connectivity index (χ3v) is 8.31. The SMILES string of the molecule is CCCCCCCCCCCCCCOCC(CNC(=O)C(N)CCC(=O)O)OCCCCCCCCCCCCCC. The Morgan fingerprint density at radius 3 is 1.44 bits per heavy atom. The summed E-state index contributed by atoms with van der Waals surface area (Å²) in [5.41, 5.74) is 5.86. The Balaban J connectivity index is 4.05. The van der Waals surface area contributed by atoms with Crippen LogP contribution in [0.3, 0.4) is 0 Å². The number of hydrogen-bond acceptors (Lipinski definition) is 5. The van der Waals surface area contributed by atoms with Crippen LogP contribution in [0.2, 0.25) is 0 Å². The number of amides is 1. The van der Waals surface area contributed by atoms with Crippen LogP contribution in [0.15, 0.2) is 0 Å². The minimum Gasteiger partial charge on any atom is -0.481 e. The van der Waals surface area contributed by atoms with Gasteiger partial charge in [0.15, 0.2) is 0 Å². The van der Waals surface area contributed by atoms with Crippen LogP contribution in [0.1, 0.15) is 181 Å². The first kappa shape index (κ1) is 41.8. The maximum absolute atomic E-state index is 12.3. The van der Waals surface area contributed by atoms with Gasteiger partial charge in [-0.05, 0) is 19.3 Å². The van der Waals surface area contributed by atoms with Crippen molar-refractivity contribution in [2.24, 2.45) is 5.73 Å². The summed E-state index contributed by atoms with van der Waals surface area (Å²) in [5.74, 6) is -1.28. The first-order valence-electron chi connectivity index (χ1n) is 18.5.